The molecule has 1 amide bonds. The van der Waals surface area contributed by atoms with Crippen LogP contribution in [0.5, 0.6) is 0 Å². The Bertz CT molecular complexity index is 1050. The molecule has 0 spiro atoms. The van der Waals surface area contributed by atoms with Gasteiger partial charge in [-0.25, -0.2) is 8.42 Å². The van der Waals surface area contributed by atoms with Crippen LogP contribution in [-0.2, 0) is 27.9 Å². The normalized spacial score (nSPS) is 14.9. The molecule has 4 rings (SSSR count). The number of thiophene rings is 2. The summed E-state index contributed by atoms with van der Waals surface area (Å²) >= 11 is 3.34. The molecule has 0 unspecified atom stereocenters. The van der Waals surface area contributed by atoms with Gasteiger partial charge < -0.3 is 5.32 Å². The van der Waals surface area contributed by atoms with Crippen molar-refractivity contribution < 1.29 is 13.2 Å². The quantitative estimate of drug-likeness (QED) is 0.503. The molecule has 0 atom stereocenters. The molecule has 164 valence electrons. The Morgan fingerprint density at radius 3 is 2.19 bits per heavy atom. The zero-order valence-electron chi connectivity index (χ0n) is 17.1. The maximum atomic E-state index is 12.8. The van der Waals surface area contributed by atoms with Gasteiger partial charge in [-0.15, -0.1) is 22.7 Å². The fourth-order valence-electron chi connectivity index (χ4n) is 3.63. The number of hydrogen-bond acceptors (Lipinski definition) is 6. The maximum absolute atomic E-state index is 12.8. The lowest BCUT2D eigenvalue weighted by atomic mass is 10.3. The molecule has 2 aromatic heterocycles. The Balaban J connectivity index is 1.43. The molecule has 6 nitrogen and oxygen atoms in total. The van der Waals surface area contributed by atoms with Crippen molar-refractivity contribution in [2.24, 2.45) is 0 Å². The minimum absolute atomic E-state index is 0.163. The average molecular weight is 476 g/mol. The van der Waals surface area contributed by atoms with E-state index in [4.69, 9.17) is 0 Å². The van der Waals surface area contributed by atoms with Crippen LogP contribution in [0.1, 0.15) is 22.6 Å². The molecule has 1 saturated heterocycles. The monoisotopic (exact) mass is 475 g/mol. The summed E-state index contributed by atoms with van der Waals surface area (Å²) in [5, 5.41) is 6.94. The highest BCUT2D eigenvalue weighted by molar-refractivity contribution is 7.89. The molecule has 3 aromatic rings. The third-order valence-electron chi connectivity index (χ3n) is 5.11. The van der Waals surface area contributed by atoms with Crippen LogP contribution in [0.25, 0.3) is 0 Å². The van der Waals surface area contributed by atoms with Crippen LogP contribution in [0.4, 0.5) is 5.69 Å². The van der Waals surface area contributed by atoms with Gasteiger partial charge in [0.25, 0.3) is 0 Å². The van der Waals surface area contributed by atoms with E-state index in [0.717, 1.165) is 12.8 Å². The van der Waals surface area contributed by atoms with E-state index in [-0.39, 0.29) is 17.3 Å². The number of amides is 1. The molecule has 1 aliphatic heterocycles. The van der Waals surface area contributed by atoms with Gasteiger partial charge in [-0.3, -0.25) is 9.69 Å². The number of rotatable bonds is 9. The SMILES string of the molecule is O=C(CN(Cc1cccs1)Cc1cccs1)Nc1cccc(S(=O)(=O)N2CCCC2)c1. The Labute approximate surface area is 191 Å². The van der Waals surface area contributed by atoms with Gasteiger partial charge in [0.1, 0.15) is 0 Å². The van der Waals surface area contributed by atoms with Crippen molar-refractivity contribution in [2.75, 3.05) is 25.0 Å². The average Bonchev–Trinajstić information content (AvgIpc) is 3.52. The second-order valence-corrected chi connectivity index (χ2v) is 11.5. The topological polar surface area (TPSA) is 69.7 Å². The van der Waals surface area contributed by atoms with E-state index in [2.05, 4.69) is 22.3 Å². The fourth-order valence-corrected chi connectivity index (χ4v) is 6.68. The zero-order valence-corrected chi connectivity index (χ0v) is 19.5. The van der Waals surface area contributed by atoms with E-state index in [1.807, 2.05) is 22.9 Å². The van der Waals surface area contributed by atoms with Gasteiger partial charge >= 0.3 is 0 Å². The summed E-state index contributed by atoms with van der Waals surface area (Å²) in [6.45, 7) is 2.70. The molecular formula is C22H25N3O3S3. The van der Waals surface area contributed by atoms with Crippen molar-refractivity contribution in [1.82, 2.24) is 9.21 Å². The van der Waals surface area contributed by atoms with Crippen molar-refractivity contribution in [3.63, 3.8) is 0 Å². The standard InChI is InChI=1S/C22H25N3O3S3/c26-22(17-24(15-19-7-4-12-29-19)16-20-8-5-13-30-20)23-18-6-3-9-21(14-18)31(27,28)25-10-1-2-11-25/h3-9,12-14H,1-2,10-11,15-17H2,(H,23,26). The largest absolute Gasteiger partial charge is 0.325 e. The molecule has 1 aromatic carbocycles. The summed E-state index contributed by atoms with van der Waals surface area (Å²) < 4.78 is 27.1. The minimum Gasteiger partial charge on any atom is -0.325 e. The van der Waals surface area contributed by atoms with Gasteiger partial charge in [0.05, 0.1) is 11.4 Å². The minimum atomic E-state index is -3.51. The van der Waals surface area contributed by atoms with Gasteiger partial charge in [-0.1, -0.05) is 18.2 Å². The lowest BCUT2D eigenvalue weighted by molar-refractivity contribution is -0.117. The number of nitrogens with zero attached hydrogens (tertiary/aromatic N) is 2. The lowest BCUT2D eigenvalue weighted by Crippen LogP contribution is -2.32. The first-order valence-electron chi connectivity index (χ1n) is 10.2. The molecule has 3 heterocycles. The van der Waals surface area contributed by atoms with Gasteiger partial charge in [0.2, 0.25) is 15.9 Å². The van der Waals surface area contributed by atoms with E-state index in [1.165, 1.54) is 14.1 Å². The van der Waals surface area contributed by atoms with Crippen molar-refractivity contribution in [2.45, 2.75) is 30.8 Å². The third kappa shape index (κ3) is 5.81. The van der Waals surface area contributed by atoms with Gasteiger partial charge in [-0.2, -0.15) is 4.31 Å². The molecule has 1 fully saturated rings. The van der Waals surface area contributed by atoms with Crippen LogP contribution in [-0.4, -0.2) is 43.2 Å². The lowest BCUT2D eigenvalue weighted by Gasteiger charge is -2.21. The van der Waals surface area contributed by atoms with Gasteiger partial charge in [-0.05, 0) is 53.9 Å². The third-order valence-corrected chi connectivity index (χ3v) is 8.72. The maximum Gasteiger partial charge on any atom is 0.243 e. The van der Waals surface area contributed by atoms with Crippen LogP contribution in [0.2, 0.25) is 0 Å². The molecule has 0 bridgehead atoms. The summed E-state index contributed by atoms with van der Waals surface area (Å²) in [5.41, 5.74) is 0.498. The molecule has 1 N–H and O–H groups in total. The molecule has 0 aliphatic carbocycles. The first kappa shape index (κ1) is 22.2. The van der Waals surface area contributed by atoms with Crippen LogP contribution in [0.15, 0.2) is 64.2 Å². The molecule has 31 heavy (non-hydrogen) atoms. The molecule has 9 heteroatoms. The van der Waals surface area contributed by atoms with Crippen LogP contribution < -0.4 is 5.32 Å². The van der Waals surface area contributed by atoms with E-state index in [0.29, 0.717) is 31.9 Å². The van der Waals surface area contributed by atoms with Crippen molar-refractivity contribution in [3.05, 3.63) is 69.0 Å². The zero-order chi connectivity index (χ0) is 21.7. The molecule has 0 radical (unpaired) electrons. The summed E-state index contributed by atoms with van der Waals surface area (Å²) in [7, 11) is -3.51. The van der Waals surface area contributed by atoms with Crippen molar-refractivity contribution in [1.29, 1.82) is 0 Å². The van der Waals surface area contributed by atoms with E-state index < -0.39 is 10.0 Å². The Morgan fingerprint density at radius 1 is 0.968 bits per heavy atom. The molecule has 0 saturated carbocycles. The Kier molecular flexibility index (Phi) is 7.19. The number of sulfonamides is 1. The highest BCUT2D eigenvalue weighted by Gasteiger charge is 2.27. The number of nitrogens with one attached hydrogen (secondary N) is 1. The van der Waals surface area contributed by atoms with Crippen LogP contribution >= 0.6 is 22.7 Å². The first-order chi connectivity index (χ1) is 15.0. The number of anilines is 1. The molecule has 1 aliphatic rings. The smallest absolute Gasteiger partial charge is 0.243 e. The van der Waals surface area contributed by atoms with Crippen molar-refractivity contribution >= 4 is 44.3 Å². The molecular weight excluding hydrogens is 450 g/mol. The predicted molar refractivity (Wildman–Crippen MR) is 126 cm³/mol. The van der Waals surface area contributed by atoms with Gasteiger partial charge in [0, 0.05) is 41.6 Å². The second kappa shape index (κ2) is 10.1. The fraction of sp³-hybridized carbons (Fsp3) is 0.318. The Hall–Kier alpha value is -2.04. The summed E-state index contributed by atoms with van der Waals surface area (Å²) in [6.07, 6.45) is 1.78. The second-order valence-electron chi connectivity index (χ2n) is 7.49. The predicted octanol–water partition coefficient (Wildman–Crippen LogP) is 4.24. The number of carbonyl (C=O) groups excluding carboxylic acids is 1. The Morgan fingerprint density at radius 2 is 1.61 bits per heavy atom. The van der Waals surface area contributed by atoms with Crippen LogP contribution in [0, 0.1) is 0 Å². The van der Waals surface area contributed by atoms with E-state index >= 15 is 0 Å². The number of hydrogen-bond donors (Lipinski definition) is 1. The van der Waals surface area contributed by atoms with E-state index in [9.17, 15) is 13.2 Å². The first-order valence-corrected chi connectivity index (χ1v) is 13.4. The highest BCUT2D eigenvalue weighted by Crippen LogP contribution is 2.23. The highest BCUT2D eigenvalue weighted by atomic mass is 32.2. The summed E-state index contributed by atoms with van der Waals surface area (Å²) in [4.78, 5) is 17.5. The van der Waals surface area contributed by atoms with E-state index in [1.54, 1.807) is 46.9 Å². The number of carbonyl (C=O) groups is 1. The number of benzene rings is 1. The van der Waals surface area contributed by atoms with Crippen molar-refractivity contribution in [3.8, 4) is 0 Å². The summed E-state index contributed by atoms with van der Waals surface area (Å²) in [6, 6.07) is 14.7. The van der Waals surface area contributed by atoms with Gasteiger partial charge in [0.15, 0.2) is 0 Å². The van der Waals surface area contributed by atoms with Crippen LogP contribution in [0.3, 0.4) is 0 Å². The summed E-state index contributed by atoms with van der Waals surface area (Å²) in [5.74, 6) is -0.163.